The van der Waals surface area contributed by atoms with E-state index in [-0.39, 0.29) is 5.56 Å². The lowest BCUT2D eigenvalue weighted by Gasteiger charge is -2.32. The number of hydrogen-bond acceptors (Lipinski definition) is 6. The lowest BCUT2D eigenvalue weighted by Crippen LogP contribution is -2.44. The number of halogens is 1. The molecule has 5 rings (SSSR count). The van der Waals surface area contributed by atoms with E-state index in [1.54, 1.807) is 36.9 Å². The molecule has 3 N–H and O–H groups in total. The number of carbonyl (C=O) groups excluding carboxylic acids is 1. The van der Waals surface area contributed by atoms with Crippen LogP contribution in [0, 0.1) is 0 Å². The number of fused-ring (bicyclic) bond motifs is 1. The third-order valence-corrected chi connectivity index (χ3v) is 7.85. The third-order valence-electron chi connectivity index (χ3n) is 7.85. The topological polar surface area (TPSA) is 94.5 Å². The van der Waals surface area contributed by atoms with Crippen LogP contribution in [-0.4, -0.2) is 77.9 Å². The Kier molecular flexibility index (Phi) is 8.51. The quantitative estimate of drug-likeness (QED) is 0.404. The van der Waals surface area contributed by atoms with Crippen LogP contribution in [-0.2, 0) is 13.1 Å². The summed E-state index contributed by atoms with van der Waals surface area (Å²) < 4.78 is 16.8. The van der Waals surface area contributed by atoms with Crippen LogP contribution in [0.25, 0.3) is 16.5 Å². The number of amides is 2. The number of aryl methyl sites for hydroxylation is 1. The number of allylic oxidation sites excluding steroid dienone is 2. The summed E-state index contributed by atoms with van der Waals surface area (Å²) in [6, 6.07) is 9.92. The van der Waals surface area contributed by atoms with Gasteiger partial charge in [0, 0.05) is 75.2 Å². The molecule has 3 aromatic rings. The Bertz CT molecular complexity index is 1560. The lowest BCUT2D eigenvalue weighted by molar-refractivity contribution is 0.148. The molecule has 1 saturated heterocycles. The summed E-state index contributed by atoms with van der Waals surface area (Å²) in [5, 5.41) is 9.41. The molecule has 0 bridgehead atoms. The van der Waals surface area contributed by atoms with Gasteiger partial charge in [-0.05, 0) is 61.9 Å². The normalized spacial score (nSPS) is 19.9. The Balaban J connectivity index is 1.34. The molecule has 0 radical (unpaired) electrons. The number of likely N-dealkylation sites (N-methyl/N-ethyl adjacent to an activating group) is 1. The van der Waals surface area contributed by atoms with Crippen molar-refractivity contribution in [2.75, 3.05) is 50.9 Å². The van der Waals surface area contributed by atoms with E-state index >= 15 is 4.39 Å². The number of anilines is 2. The van der Waals surface area contributed by atoms with Crippen molar-refractivity contribution in [3.63, 3.8) is 0 Å². The highest BCUT2D eigenvalue weighted by Crippen LogP contribution is 2.30. The molecule has 10 heteroatoms. The second kappa shape index (κ2) is 12.2. The number of nitrogens with one attached hydrogen (secondary N) is 3. The first-order chi connectivity index (χ1) is 19.7. The summed E-state index contributed by atoms with van der Waals surface area (Å²) in [6.45, 7) is 9.05. The first kappa shape index (κ1) is 28.5. The van der Waals surface area contributed by atoms with Crippen LogP contribution >= 0.6 is 0 Å². The molecule has 2 aromatic heterocycles. The summed E-state index contributed by atoms with van der Waals surface area (Å²) in [5.74, 6) is 0.667. The fraction of sp³-hybridized carbons (Fsp3) is 0.387. The molecule has 216 valence electrons. The summed E-state index contributed by atoms with van der Waals surface area (Å²) in [4.78, 5) is 35.6. The van der Waals surface area contributed by atoms with Crippen molar-refractivity contribution in [2.45, 2.75) is 39.2 Å². The Labute approximate surface area is 239 Å². The van der Waals surface area contributed by atoms with E-state index in [1.807, 2.05) is 37.3 Å². The van der Waals surface area contributed by atoms with Gasteiger partial charge in [-0.3, -0.25) is 9.69 Å². The van der Waals surface area contributed by atoms with E-state index in [0.29, 0.717) is 34.8 Å². The molecular formula is C31H38FN7O2. The maximum absolute atomic E-state index is 15.1. The largest absolute Gasteiger partial charge is 0.373 e. The fourth-order valence-corrected chi connectivity index (χ4v) is 5.50. The Morgan fingerprint density at radius 1 is 1.12 bits per heavy atom. The van der Waals surface area contributed by atoms with E-state index in [2.05, 4.69) is 37.8 Å². The van der Waals surface area contributed by atoms with Crippen molar-refractivity contribution in [1.29, 1.82) is 0 Å². The number of carbonyl (C=O) groups is 1. The van der Waals surface area contributed by atoms with Crippen molar-refractivity contribution in [3.8, 4) is 0 Å². The minimum Gasteiger partial charge on any atom is -0.373 e. The van der Waals surface area contributed by atoms with Gasteiger partial charge in [-0.15, -0.1) is 0 Å². The van der Waals surface area contributed by atoms with Crippen LogP contribution in [0.15, 0.2) is 65.1 Å². The number of urea groups is 1. The molecule has 1 aliphatic heterocycles. The molecule has 9 nitrogen and oxygen atoms in total. The molecule has 1 aliphatic carbocycles. The Morgan fingerprint density at radius 3 is 2.63 bits per heavy atom. The van der Waals surface area contributed by atoms with Gasteiger partial charge < -0.3 is 25.4 Å². The first-order valence-corrected chi connectivity index (χ1v) is 14.1. The third kappa shape index (κ3) is 6.34. The van der Waals surface area contributed by atoms with Gasteiger partial charge in [-0.25, -0.2) is 14.2 Å². The monoisotopic (exact) mass is 559 g/mol. The number of rotatable bonds is 7. The maximum atomic E-state index is 15.1. The highest BCUT2D eigenvalue weighted by Gasteiger charge is 2.27. The zero-order chi connectivity index (χ0) is 29.1. The minimum atomic E-state index is -1.43. The number of piperazine rings is 1. The molecule has 2 aliphatic rings. The lowest BCUT2D eigenvalue weighted by atomic mass is 9.90. The summed E-state index contributed by atoms with van der Waals surface area (Å²) in [7, 11) is 3.91. The number of benzene rings is 1. The van der Waals surface area contributed by atoms with E-state index in [0.717, 1.165) is 49.2 Å². The molecule has 2 amide bonds. The van der Waals surface area contributed by atoms with Crippen molar-refractivity contribution in [2.24, 2.45) is 0 Å². The molecule has 2 atom stereocenters. The van der Waals surface area contributed by atoms with Gasteiger partial charge in [0.1, 0.15) is 12.0 Å². The highest BCUT2D eigenvalue weighted by atomic mass is 19.1. The second-order valence-corrected chi connectivity index (χ2v) is 10.8. The second-order valence-electron chi connectivity index (χ2n) is 10.8. The van der Waals surface area contributed by atoms with E-state index < -0.39 is 18.2 Å². The number of nitrogens with zero attached hydrogens (tertiary/aromatic N) is 4. The van der Waals surface area contributed by atoms with Crippen LogP contribution in [0.2, 0.25) is 0 Å². The average molecular weight is 560 g/mol. The van der Waals surface area contributed by atoms with Crippen molar-refractivity contribution in [1.82, 2.24) is 24.7 Å². The van der Waals surface area contributed by atoms with Crippen molar-refractivity contribution < 1.29 is 9.18 Å². The predicted molar refractivity (Wildman–Crippen MR) is 163 cm³/mol. The number of aromatic nitrogens is 2. The van der Waals surface area contributed by atoms with Gasteiger partial charge in [-0.2, -0.15) is 0 Å². The van der Waals surface area contributed by atoms with Crippen LogP contribution < -0.4 is 21.5 Å². The van der Waals surface area contributed by atoms with Gasteiger partial charge in [0.05, 0.1) is 11.6 Å². The zero-order valence-electron chi connectivity index (χ0n) is 24.1. The molecule has 3 heterocycles. The summed E-state index contributed by atoms with van der Waals surface area (Å²) >= 11 is 0. The standard InChI is InChI=1S/C31H38FN7O2/c1-5-39-28-17-29(33-3)34-18-22(28)15-25(30(39)40)24-16-27(26(32)13-20(24)2)36-31(41)35-23-8-6-7-21(14-23)19-38-11-9-37(4)10-12-38/h6-8,13-18,26-27H,5,9-12,19H2,1-4H3,(H,33,34)(H2,35,36,41). The van der Waals surface area contributed by atoms with Gasteiger partial charge in [-0.1, -0.05) is 18.2 Å². The van der Waals surface area contributed by atoms with Crippen LogP contribution in [0.5, 0.6) is 0 Å². The van der Waals surface area contributed by atoms with Crippen LogP contribution in [0.3, 0.4) is 0 Å². The minimum absolute atomic E-state index is 0.176. The van der Waals surface area contributed by atoms with Crippen molar-refractivity contribution >= 4 is 34.0 Å². The number of hydrogen-bond donors (Lipinski definition) is 3. The zero-order valence-corrected chi connectivity index (χ0v) is 24.1. The van der Waals surface area contributed by atoms with E-state index in [1.165, 1.54) is 6.08 Å². The number of alkyl halides is 1. The Morgan fingerprint density at radius 2 is 1.90 bits per heavy atom. The van der Waals surface area contributed by atoms with Gasteiger partial charge in [0.25, 0.3) is 5.56 Å². The van der Waals surface area contributed by atoms with Crippen LogP contribution in [0.1, 0.15) is 25.0 Å². The predicted octanol–water partition coefficient (Wildman–Crippen LogP) is 4.08. The summed E-state index contributed by atoms with van der Waals surface area (Å²) in [5.41, 5.74) is 4.04. The summed E-state index contributed by atoms with van der Waals surface area (Å²) in [6.07, 6.45) is 3.39. The van der Waals surface area contributed by atoms with Gasteiger partial charge >= 0.3 is 6.03 Å². The van der Waals surface area contributed by atoms with E-state index in [9.17, 15) is 9.59 Å². The Hall–Kier alpha value is -4.02. The molecule has 1 aromatic carbocycles. The molecule has 2 unspecified atom stereocenters. The van der Waals surface area contributed by atoms with Gasteiger partial charge in [0.15, 0.2) is 0 Å². The first-order valence-electron chi connectivity index (χ1n) is 14.1. The number of pyridine rings is 2. The van der Waals surface area contributed by atoms with Crippen LogP contribution in [0.4, 0.5) is 20.7 Å². The SMILES string of the molecule is CCn1c(=O)c(C2=CC(NC(=O)Nc3cccc(CN4CCN(C)CC4)c3)C(F)C=C2C)cc2cnc(NC)cc21. The molecule has 0 spiro atoms. The average Bonchev–Trinajstić information content (AvgIpc) is 2.95. The molecular weight excluding hydrogens is 521 g/mol. The van der Waals surface area contributed by atoms with Gasteiger partial charge in [0.2, 0.25) is 0 Å². The maximum Gasteiger partial charge on any atom is 0.319 e. The highest BCUT2D eigenvalue weighted by molar-refractivity contribution is 5.91. The smallest absolute Gasteiger partial charge is 0.319 e. The van der Waals surface area contributed by atoms with Crippen molar-refractivity contribution in [3.05, 3.63) is 81.8 Å². The molecule has 41 heavy (non-hydrogen) atoms. The van der Waals surface area contributed by atoms with E-state index in [4.69, 9.17) is 0 Å². The molecule has 0 saturated carbocycles. The molecule has 1 fully saturated rings. The fourth-order valence-electron chi connectivity index (χ4n) is 5.50.